The molecule has 10 N–H and O–H groups in total. The third-order valence-corrected chi connectivity index (χ3v) is 9.06. The van der Waals surface area contributed by atoms with E-state index in [1.807, 2.05) is 13.8 Å². The van der Waals surface area contributed by atoms with Gasteiger partial charge in [-0.05, 0) is 23.3 Å². The summed E-state index contributed by atoms with van der Waals surface area (Å²) in [6.07, 6.45) is 0.353. The van der Waals surface area contributed by atoms with Gasteiger partial charge < -0.3 is 43.4 Å². The van der Waals surface area contributed by atoms with Crippen molar-refractivity contribution in [3.63, 3.8) is 0 Å². The van der Waals surface area contributed by atoms with Crippen LogP contribution in [0.5, 0.6) is 0 Å². The molecule has 0 radical (unpaired) electrons. The molecule has 0 saturated heterocycles. The average Bonchev–Trinajstić information content (AvgIpc) is 3.08. The van der Waals surface area contributed by atoms with Gasteiger partial charge in [0, 0.05) is 19.1 Å². The Bertz CT molecular complexity index is 1410. The predicted molar refractivity (Wildman–Crippen MR) is 198 cm³/mol. The number of rotatable bonds is 22. The highest BCUT2D eigenvalue weighted by Gasteiger charge is 2.36. The highest BCUT2D eigenvalue weighted by molar-refractivity contribution is 7.80. The minimum Gasteiger partial charge on any atom is -0.370 e. The Kier molecular flexibility index (Phi) is 19.5. The van der Waals surface area contributed by atoms with Crippen LogP contribution in [0.1, 0.15) is 73.3 Å². The summed E-state index contributed by atoms with van der Waals surface area (Å²) in [7, 11) is 0. The summed E-state index contributed by atoms with van der Waals surface area (Å²) in [5, 5.41) is 15.6. The highest BCUT2D eigenvalue weighted by Crippen LogP contribution is 2.14. The van der Waals surface area contributed by atoms with E-state index in [0.29, 0.717) is 18.4 Å². The minimum atomic E-state index is -1.53. The average molecular weight is 749 g/mol. The minimum absolute atomic E-state index is 0.0458. The molecule has 16 nitrogen and oxygen atoms in total. The largest absolute Gasteiger partial charge is 0.370 e. The fraction of sp³-hybridized carbons (Fsp3) is 0.600. The number of benzene rings is 1. The summed E-state index contributed by atoms with van der Waals surface area (Å²) < 4.78 is 0. The van der Waals surface area contributed by atoms with Gasteiger partial charge in [-0.3, -0.25) is 38.4 Å². The van der Waals surface area contributed by atoms with E-state index in [2.05, 4.69) is 44.5 Å². The molecule has 1 aromatic carbocycles. The molecule has 0 heterocycles. The number of nitrogens with two attached hydrogens (primary N) is 2. The molecule has 0 saturated carbocycles. The summed E-state index contributed by atoms with van der Waals surface area (Å²) in [6, 6.07) is 1.50. The van der Waals surface area contributed by atoms with Crippen molar-refractivity contribution in [2.24, 2.45) is 29.2 Å². The number of carbonyl (C=O) groups is 8. The van der Waals surface area contributed by atoms with Crippen molar-refractivity contribution in [2.45, 2.75) is 110 Å². The van der Waals surface area contributed by atoms with Gasteiger partial charge in [-0.25, -0.2) is 0 Å². The second kappa shape index (κ2) is 22.3. The Morgan fingerprint density at radius 2 is 1.06 bits per heavy atom. The van der Waals surface area contributed by atoms with Crippen LogP contribution in [-0.2, 0) is 44.8 Å². The number of nitrogens with one attached hydrogen (secondary N) is 6. The fourth-order valence-electron chi connectivity index (χ4n) is 5.13. The van der Waals surface area contributed by atoms with Gasteiger partial charge >= 0.3 is 0 Å². The summed E-state index contributed by atoms with van der Waals surface area (Å²) in [6.45, 7) is 12.0. The Morgan fingerprint density at radius 1 is 0.615 bits per heavy atom. The molecule has 8 atom stereocenters. The van der Waals surface area contributed by atoms with Crippen LogP contribution in [0.2, 0.25) is 0 Å². The van der Waals surface area contributed by atoms with Crippen LogP contribution in [0.3, 0.4) is 0 Å². The van der Waals surface area contributed by atoms with Crippen molar-refractivity contribution in [3.05, 3.63) is 35.9 Å². The van der Waals surface area contributed by atoms with Crippen LogP contribution in [0.25, 0.3) is 0 Å². The Hall–Kier alpha value is -4.67. The van der Waals surface area contributed by atoms with E-state index >= 15 is 0 Å². The van der Waals surface area contributed by atoms with Crippen molar-refractivity contribution >= 4 is 59.9 Å². The molecule has 1 aromatic rings. The van der Waals surface area contributed by atoms with Gasteiger partial charge in [0.2, 0.25) is 47.3 Å². The van der Waals surface area contributed by atoms with Gasteiger partial charge in [0.05, 0.1) is 6.42 Å². The molecule has 0 bridgehead atoms. The molecule has 8 amide bonds. The summed E-state index contributed by atoms with van der Waals surface area (Å²) in [4.78, 5) is 103. The molecule has 0 fully saturated rings. The maximum atomic E-state index is 14.0. The molecular weight excluding hydrogens is 692 g/mol. The lowest BCUT2D eigenvalue weighted by Gasteiger charge is -2.31. The topological polar surface area (TPSA) is 261 Å². The number of hydrogen-bond acceptors (Lipinski definition) is 9. The quantitative estimate of drug-likeness (QED) is 0.0677. The van der Waals surface area contributed by atoms with Crippen LogP contribution in [0, 0.1) is 17.8 Å². The molecular formula is C35H56N8O8S. The molecule has 17 heteroatoms. The summed E-state index contributed by atoms with van der Waals surface area (Å²) >= 11 is 4.00. The summed E-state index contributed by atoms with van der Waals surface area (Å²) in [5.74, 6) is -7.14. The van der Waals surface area contributed by atoms with Crippen LogP contribution < -0.4 is 43.4 Å². The molecule has 0 aliphatic rings. The first kappa shape index (κ1) is 45.4. The number of hydrogen-bond donors (Lipinski definition) is 9. The van der Waals surface area contributed by atoms with E-state index in [1.165, 1.54) is 6.92 Å². The zero-order chi connectivity index (χ0) is 39.7. The molecule has 0 aliphatic carbocycles. The molecule has 0 spiro atoms. The van der Waals surface area contributed by atoms with E-state index in [4.69, 9.17) is 11.5 Å². The van der Waals surface area contributed by atoms with Crippen molar-refractivity contribution < 1.29 is 38.4 Å². The zero-order valence-electron chi connectivity index (χ0n) is 31.0. The van der Waals surface area contributed by atoms with Crippen molar-refractivity contribution in [1.29, 1.82) is 0 Å². The standard InChI is InChI=1S/C35H56N8O8S/c1-8-19(5)28(38-21(7)44)35(51)42-27(18(3)4)33(49)43-29(20(6)9-2)34(50)40-23(15-22-13-11-10-12-14-22)31(47)39-24(16-26(36)45)32(48)41-25(17-52)30(37)46/h10-14,18-20,23-25,27-29,52H,8-9,15-17H2,1-7H3,(H2,36,45)(H2,37,46)(H,38,44)(H,39,47)(H,40,50)(H,41,48)(H,42,51)(H,43,49). The Labute approximate surface area is 310 Å². The monoisotopic (exact) mass is 748 g/mol. The van der Waals surface area contributed by atoms with Crippen molar-refractivity contribution in [2.75, 3.05) is 5.75 Å². The molecule has 290 valence electrons. The van der Waals surface area contributed by atoms with E-state index in [1.54, 1.807) is 58.0 Å². The SMILES string of the molecule is CCC(C)C(NC(C)=O)C(=O)NC(C(=O)NC(C(=O)NC(Cc1ccccc1)C(=O)NC(CC(N)=O)C(=O)NC(CS)C(N)=O)C(C)CC)C(C)C. The lowest BCUT2D eigenvalue weighted by molar-refractivity contribution is -0.137. The maximum Gasteiger partial charge on any atom is 0.243 e. The lowest BCUT2D eigenvalue weighted by Crippen LogP contribution is -2.62. The van der Waals surface area contributed by atoms with Crippen molar-refractivity contribution in [3.8, 4) is 0 Å². The Balaban J connectivity index is 3.40. The number of carbonyl (C=O) groups excluding carboxylic acids is 8. The second-order valence-corrected chi connectivity index (χ2v) is 13.7. The van der Waals surface area contributed by atoms with Crippen LogP contribution in [0.15, 0.2) is 30.3 Å². The van der Waals surface area contributed by atoms with Crippen molar-refractivity contribution in [1.82, 2.24) is 31.9 Å². The lowest BCUT2D eigenvalue weighted by atomic mass is 9.94. The van der Waals surface area contributed by atoms with E-state index < -0.39 is 102 Å². The summed E-state index contributed by atoms with van der Waals surface area (Å²) in [5.41, 5.74) is 11.3. The van der Waals surface area contributed by atoms with Gasteiger partial charge in [-0.15, -0.1) is 0 Å². The number of primary amides is 2. The molecule has 8 unspecified atom stereocenters. The highest BCUT2D eigenvalue weighted by atomic mass is 32.1. The van der Waals surface area contributed by atoms with E-state index in [0.717, 1.165) is 0 Å². The number of amides is 8. The van der Waals surface area contributed by atoms with Crippen LogP contribution in [-0.4, -0.2) is 89.3 Å². The second-order valence-electron chi connectivity index (χ2n) is 13.3. The van der Waals surface area contributed by atoms with Crippen LogP contribution >= 0.6 is 12.6 Å². The number of thiol groups is 1. The van der Waals surface area contributed by atoms with Gasteiger partial charge in [-0.1, -0.05) is 84.7 Å². The first-order valence-corrected chi connectivity index (χ1v) is 18.0. The first-order chi connectivity index (χ1) is 24.4. The van der Waals surface area contributed by atoms with Gasteiger partial charge in [0.25, 0.3) is 0 Å². The third-order valence-electron chi connectivity index (χ3n) is 8.69. The third kappa shape index (κ3) is 14.9. The van der Waals surface area contributed by atoms with Crippen LogP contribution in [0.4, 0.5) is 0 Å². The normalized spacial score (nSPS) is 15.6. The maximum absolute atomic E-state index is 14.0. The first-order valence-electron chi connectivity index (χ1n) is 17.4. The smallest absolute Gasteiger partial charge is 0.243 e. The Morgan fingerprint density at radius 3 is 1.52 bits per heavy atom. The molecule has 1 rings (SSSR count). The molecule has 0 aromatic heterocycles. The predicted octanol–water partition coefficient (Wildman–Crippen LogP) is -0.803. The molecule has 52 heavy (non-hydrogen) atoms. The molecule has 0 aliphatic heterocycles. The van der Waals surface area contributed by atoms with E-state index in [9.17, 15) is 38.4 Å². The fourth-order valence-corrected chi connectivity index (χ4v) is 5.40. The van der Waals surface area contributed by atoms with E-state index in [-0.39, 0.29) is 18.1 Å². The van der Waals surface area contributed by atoms with Gasteiger partial charge in [-0.2, -0.15) is 12.6 Å². The zero-order valence-corrected chi connectivity index (χ0v) is 31.9. The van der Waals surface area contributed by atoms with Gasteiger partial charge in [0.1, 0.15) is 36.3 Å². The van der Waals surface area contributed by atoms with Gasteiger partial charge in [0.15, 0.2) is 0 Å².